The highest BCUT2D eigenvalue weighted by atomic mass is 79.9. The minimum Gasteiger partial charge on any atom is -0.348 e. The molecule has 0 aliphatic carbocycles. The molecule has 1 saturated heterocycles. The van der Waals surface area contributed by atoms with E-state index in [0.717, 1.165) is 21.7 Å². The molecule has 0 spiro atoms. The maximum Gasteiger partial charge on any atom is 0.185 e. The lowest BCUT2D eigenvalue weighted by atomic mass is 10.1. The normalized spacial score (nSPS) is 15.6. The first-order valence-electron chi connectivity index (χ1n) is 9.36. The first-order chi connectivity index (χ1) is 13.9. The van der Waals surface area contributed by atoms with E-state index < -0.39 is 9.84 Å². The SMILES string of the molecule is O=S(=O)(c1ccccc1Br)C1CCN(c2nc(Cc3cccc(Br)c3)cs2)CC1. The molecule has 1 fully saturated rings. The smallest absolute Gasteiger partial charge is 0.185 e. The topological polar surface area (TPSA) is 50.3 Å². The van der Waals surface area contributed by atoms with Crippen molar-refractivity contribution in [2.45, 2.75) is 29.4 Å². The average molecular weight is 556 g/mol. The number of piperidine rings is 1. The second kappa shape index (κ2) is 8.88. The van der Waals surface area contributed by atoms with Crippen LogP contribution in [0.1, 0.15) is 24.1 Å². The molecule has 8 heteroatoms. The van der Waals surface area contributed by atoms with Crippen LogP contribution in [0.15, 0.2) is 67.8 Å². The van der Waals surface area contributed by atoms with E-state index in [1.54, 1.807) is 29.5 Å². The van der Waals surface area contributed by atoms with Crippen LogP contribution in [0.2, 0.25) is 0 Å². The van der Waals surface area contributed by atoms with Crippen LogP contribution in [0, 0.1) is 0 Å². The van der Waals surface area contributed by atoms with Crippen LogP contribution in [-0.2, 0) is 16.3 Å². The Morgan fingerprint density at radius 2 is 1.83 bits per heavy atom. The van der Waals surface area contributed by atoms with Crippen LogP contribution in [0.5, 0.6) is 0 Å². The molecule has 0 amide bonds. The number of thiazole rings is 1. The fourth-order valence-electron chi connectivity index (χ4n) is 3.59. The van der Waals surface area contributed by atoms with E-state index in [2.05, 4.69) is 54.3 Å². The minimum atomic E-state index is -3.33. The Balaban J connectivity index is 1.41. The number of hydrogen-bond donors (Lipinski definition) is 0. The van der Waals surface area contributed by atoms with Gasteiger partial charge in [-0.1, -0.05) is 40.2 Å². The number of rotatable bonds is 5. The molecule has 3 aromatic rings. The lowest BCUT2D eigenvalue weighted by Gasteiger charge is -2.31. The van der Waals surface area contributed by atoms with Gasteiger partial charge in [0.15, 0.2) is 15.0 Å². The van der Waals surface area contributed by atoms with Gasteiger partial charge in [-0.3, -0.25) is 0 Å². The Morgan fingerprint density at radius 1 is 1.07 bits per heavy atom. The summed E-state index contributed by atoms with van der Waals surface area (Å²) in [6, 6.07) is 15.3. The van der Waals surface area contributed by atoms with Gasteiger partial charge in [0.05, 0.1) is 15.8 Å². The monoisotopic (exact) mass is 554 g/mol. The van der Waals surface area contributed by atoms with Gasteiger partial charge in [-0.25, -0.2) is 13.4 Å². The molecule has 29 heavy (non-hydrogen) atoms. The van der Waals surface area contributed by atoms with Gasteiger partial charge in [-0.2, -0.15) is 0 Å². The first-order valence-corrected chi connectivity index (χ1v) is 13.4. The van der Waals surface area contributed by atoms with Crippen molar-refractivity contribution < 1.29 is 8.42 Å². The zero-order chi connectivity index (χ0) is 20.4. The molecule has 4 nitrogen and oxygen atoms in total. The number of nitrogens with zero attached hydrogens (tertiary/aromatic N) is 2. The van der Waals surface area contributed by atoms with Crippen LogP contribution < -0.4 is 4.90 Å². The van der Waals surface area contributed by atoms with Gasteiger partial charge >= 0.3 is 0 Å². The van der Waals surface area contributed by atoms with Crippen molar-refractivity contribution in [1.82, 2.24) is 4.98 Å². The molecule has 152 valence electrons. The van der Waals surface area contributed by atoms with Gasteiger partial charge in [0.25, 0.3) is 0 Å². The molecule has 1 aromatic heterocycles. The summed E-state index contributed by atoms with van der Waals surface area (Å²) in [5.41, 5.74) is 2.26. The predicted octanol–water partition coefficient (Wildman–Crippen LogP) is 5.70. The molecule has 0 saturated carbocycles. The first kappa shape index (κ1) is 21.0. The lowest BCUT2D eigenvalue weighted by molar-refractivity contribution is 0.529. The van der Waals surface area contributed by atoms with Crippen LogP contribution >= 0.6 is 43.2 Å². The van der Waals surface area contributed by atoms with E-state index in [0.29, 0.717) is 35.3 Å². The molecule has 1 aliphatic heterocycles. The van der Waals surface area contributed by atoms with Gasteiger partial charge in [0.1, 0.15) is 0 Å². The molecule has 2 aromatic carbocycles. The van der Waals surface area contributed by atoms with Crippen molar-refractivity contribution in [3.05, 3.63) is 74.1 Å². The van der Waals surface area contributed by atoms with Crippen molar-refractivity contribution >= 4 is 58.2 Å². The van der Waals surface area contributed by atoms with E-state index in [1.807, 2.05) is 18.2 Å². The Kier molecular flexibility index (Phi) is 6.44. The average Bonchev–Trinajstić information content (AvgIpc) is 3.17. The highest BCUT2D eigenvalue weighted by molar-refractivity contribution is 9.10. The number of halogens is 2. The van der Waals surface area contributed by atoms with Crippen molar-refractivity contribution in [3.8, 4) is 0 Å². The van der Waals surface area contributed by atoms with Gasteiger partial charge in [0, 0.05) is 33.8 Å². The fourth-order valence-corrected chi connectivity index (χ4v) is 7.68. The second-order valence-electron chi connectivity index (χ2n) is 7.09. The van der Waals surface area contributed by atoms with E-state index >= 15 is 0 Å². The molecular weight excluding hydrogens is 536 g/mol. The van der Waals surface area contributed by atoms with Crippen LogP contribution in [0.25, 0.3) is 0 Å². The van der Waals surface area contributed by atoms with Crippen molar-refractivity contribution in [2.75, 3.05) is 18.0 Å². The third kappa shape index (κ3) is 4.76. The summed E-state index contributed by atoms with van der Waals surface area (Å²) in [4.78, 5) is 7.39. The van der Waals surface area contributed by atoms with Gasteiger partial charge in [-0.05, 0) is 58.6 Å². The molecule has 4 rings (SSSR count). The maximum atomic E-state index is 13.0. The number of aromatic nitrogens is 1. The molecule has 0 N–H and O–H groups in total. The summed E-state index contributed by atoms with van der Waals surface area (Å²) < 4.78 is 27.7. The van der Waals surface area contributed by atoms with Crippen molar-refractivity contribution in [3.63, 3.8) is 0 Å². The summed E-state index contributed by atoms with van der Waals surface area (Å²) >= 11 is 8.52. The third-order valence-electron chi connectivity index (χ3n) is 5.11. The molecular formula is C21H20Br2N2O2S2. The van der Waals surface area contributed by atoms with Crippen LogP contribution in [0.4, 0.5) is 5.13 Å². The summed E-state index contributed by atoms with van der Waals surface area (Å²) in [5.74, 6) is 0. The zero-order valence-corrected chi connectivity index (χ0v) is 20.4. The summed E-state index contributed by atoms with van der Waals surface area (Å²) in [5, 5.41) is 2.73. The zero-order valence-electron chi connectivity index (χ0n) is 15.6. The van der Waals surface area contributed by atoms with E-state index in [4.69, 9.17) is 4.98 Å². The lowest BCUT2D eigenvalue weighted by Crippen LogP contribution is -2.39. The highest BCUT2D eigenvalue weighted by Crippen LogP contribution is 2.32. The second-order valence-corrected chi connectivity index (χ2v) is 11.9. The van der Waals surface area contributed by atoms with Crippen molar-refractivity contribution in [2.24, 2.45) is 0 Å². The van der Waals surface area contributed by atoms with E-state index in [1.165, 1.54) is 5.56 Å². The standard InChI is InChI=1S/C21H20Br2N2O2S2/c22-16-5-3-4-15(12-16)13-17-14-28-21(24-17)25-10-8-18(9-11-25)29(26,27)20-7-2-1-6-19(20)23/h1-7,12,14,18H,8-11,13H2. The highest BCUT2D eigenvalue weighted by Gasteiger charge is 2.33. The molecule has 0 atom stereocenters. The number of benzene rings is 2. The number of sulfone groups is 1. The minimum absolute atomic E-state index is 0.349. The number of hydrogen-bond acceptors (Lipinski definition) is 5. The van der Waals surface area contributed by atoms with E-state index in [9.17, 15) is 8.42 Å². The van der Waals surface area contributed by atoms with Crippen molar-refractivity contribution in [1.29, 1.82) is 0 Å². The largest absolute Gasteiger partial charge is 0.348 e. The Bertz CT molecular complexity index is 1110. The summed E-state index contributed by atoms with van der Waals surface area (Å²) in [6.07, 6.45) is 2.03. The third-order valence-corrected chi connectivity index (χ3v) is 9.82. The molecule has 0 radical (unpaired) electrons. The number of anilines is 1. The van der Waals surface area contributed by atoms with Crippen LogP contribution in [-0.4, -0.2) is 31.7 Å². The molecule has 0 unspecified atom stereocenters. The quantitative estimate of drug-likeness (QED) is 0.405. The molecule has 2 heterocycles. The fraction of sp³-hybridized carbons (Fsp3) is 0.286. The summed E-state index contributed by atoms with van der Waals surface area (Å²) in [6.45, 7) is 1.41. The maximum absolute atomic E-state index is 13.0. The Hall–Kier alpha value is -1.22. The Labute approximate surface area is 192 Å². The molecule has 1 aliphatic rings. The van der Waals surface area contributed by atoms with Gasteiger partial charge in [0.2, 0.25) is 0 Å². The molecule has 0 bridgehead atoms. The van der Waals surface area contributed by atoms with Gasteiger partial charge < -0.3 is 4.90 Å². The van der Waals surface area contributed by atoms with E-state index in [-0.39, 0.29) is 5.25 Å². The summed E-state index contributed by atoms with van der Waals surface area (Å²) in [7, 11) is -3.33. The van der Waals surface area contributed by atoms with Crippen LogP contribution in [0.3, 0.4) is 0 Å². The predicted molar refractivity (Wildman–Crippen MR) is 126 cm³/mol. The Morgan fingerprint density at radius 3 is 2.55 bits per heavy atom. The van der Waals surface area contributed by atoms with Gasteiger partial charge in [-0.15, -0.1) is 11.3 Å².